The Hall–Kier alpha value is -4.06. The molecule has 3 N–H and O–H groups in total. The molecule has 3 aliphatic heterocycles. The van der Waals surface area contributed by atoms with Crippen molar-refractivity contribution < 1.29 is 19.0 Å². The Bertz CT molecular complexity index is 1560. The summed E-state index contributed by atoms with van der Waals surface area (Å²) in [4.78, 5) is 21.6. The molecule has 3 fully saturated rings. The van der Waals surface area contributed by atoms with Crippen LogP contribution >= 0.6 is 0 Å². The van der Waals surface area contributed by atoms with Gasteiger partial charge in [0.05, 0.1) is 30.5 Å². The minimum absolute atomic E-state index is 0.118. The number of anilines is 2. The van der Waals surface area contributed by atoms with E-state index in [1.165, 1.54) is 0 Å². The van der Waals surface area contributed by atoms with Gasteiger partial charge in [0.1, 0.15) is 17.7 Å². The standard InChI is InChI=1S/C31H35N7O4/c1-19-10-27(28(16-32-19)42-26-12-23-17-41-18-24(13-26)34-23)20-4-7-38-25(11-20)14-30(37-38)36-29-3-2-21(15-33-29)31(39)35-22-5-8-40-9-6-22/h2-4,7,10-11,14-16,22-24,26,34H,5-6,8-9,12-13,17-18H2,1H3,(H,35,39)(H,33,36,37)/t23-,24+,26-. The molecule has 0 aromatic carbocycles. The zero-order chi connectivity index (χ0) is 28.5. The highest BCUT2D eigenvalue weighted by molar-refractivity contribution is 5.94. The third-order valence-corrected chi connectivity index (χ3v) is 8.11. The summed E-state index contributed by atoms with van der Waals surface area (Å²) in [5.41, 5.74) is 4.43. The number of fused-ring (bicyclic) bond motifs is 3. The highest BCUT2D eigenvalue weighted by Crippen LogP contribution is 2.34. The van der Waals surface area contributed by atoms with Crippen molar-refractivity contribution in [2.24, 2.45) is 0 Å². The largest absolute Gasteiger partial charge is 0.488 e. The lowest BCUT2D eigenvalue weighted by atomic mass is 9.94. The predicted molar refractivity (Wildman–Crippen MR) is 157 cm³/mol. The molecule has 4 aromatic heterocycles. The maximum atomic E-state index is 12.6. The maximum absolute atomic E-state index is 12.6. The monoisotopic (exact) mass is 569 g/mol. The maximum Gasteiger partial charge on any atom is 0.253 e. The van der Waals surface area contributed by atoms with Gasteiger partial charge in [0.2, 0.25) is 0 Å². The lowest BCUT2D eigenvalue weighted by Crippen LogP contribution is -2.56. The molecule has 1 amide bonds. The number of hydrogen-bond donors (Lipinski definition) is 3. The van der Waals surface area contributed by atoms with E-state index in [2.05, 4.69) is 43.1 Å². The number of amides is 1. The number of pyridine rings is 3. The zero-order valence-corrected chi connectivity index (χ0v) is 23.6. The lowest BCUT2D eigenvalue weighted by molar-refractivity contribution is -0.0122. The van der Waals surface area contributed by atoms with Gasteiger partial charge in [-0.05, 0) is 55.7 Å². The zero-order valence-electron chi connectivity index (χ0n) is 23.6. The van der Waals surface area contributed by atoms with Crippen LogP contribution < -0.4 is 20.7 Å². The molecule has 4 aromatic rings. The summed E-state index contributed by atoms with van der Waals surface area (Å²) in [6.45, 7) is 4.81. The van der Waals surface area contributed by atoms with Gasteiger partial charge in [0.25, 0.3) is 5.91 Å². The van der Waals surface area contributed by atoms with E-state index in [9.17, 15) is 4.79 Å². The van der Waals surface area contributed by atoms with E-state index in [-0.39, 0.29) is 18.1 Å². The topological polar surface area (TPSA) is 124 Å². The number of morpholine rings is 1. The summed E-state index contributed by atoms with van der Waals surface area (Å²) in [6, 6.07) is 12.6. The molecule has 0 saturated carbocycles. The molecule has 218 valence electrons. The van der Waals surface area contributed by atoms with Gasteiger partial charge in [-0.2, -0.15) is 5.10 Å². The molecule has 0 radical (unpaired) electrons. The Morgan fingerprint density at radius 2 is 1.83 bits per heavy atom. The number of rotatable bonds is 7. The predicted octanol–water partition coefficient (Wildman–Crippen LogP) is 3.65. The second-order valence-electron chi connectivity index (χ2n) is 11.4. The fourth-order valence-electron chi connectivity index (χ4n) is 5.99. The number of aromatic nitrogens is 4. The summed E-state index contributed by atoms with van der Waals surface area (Å²) in [5.74, 6) is 1.94. The number of nitrogens with one attached hydrogen (secondary N) is 3. The van der Waals surface area contributed by atoms with E-state index in [0.29, 0.717) is 42.5 Å². The van der Waals surface area contributed by atoms with Crippen LogP contribution in [0.2, 0.25) is 0 Å². The fourth-order valence-corrected chi connectivity index (χ4v) is 5.99. The number of ether oxygens (including phenoxy) is 3. The molecule has 3 atom stereocenters. The molecule has 0 unspecified atom stereocenters. The van der Waals surface area contributed by atoms with Crippen molar-refractivity contribution in [1.29, 1.82) is 0 Å². The van der Waals surface area contributed by atoms with Gasteiger partial charge < -0.3 is 30.2 Å². The first-order valence-corrected chi connectivity index (χ1v) is 14.6. The molecule has 11 heteroatoms. The van der Waals surface area contributed by atoms with Crippen LogP contribution in [-0.4, -0.2) is 76.1 Å². The second kappa shape index (κ2) is 11.7. The summed E-state index contributed by atoms with van der Waals surface area (Å²) < 4.78 is 19.4. The number of piperidine rings is 1. The Morgan fingerprint density at radius 1 is 1.00 bits per heavy atom. The van der Waals surface area contributed by atoms with Crippen molar-refractivity contribution in [1.82, 2.24) is 30.2 Å². The first-order chi connectivity index (χ1) is 20.6. The highest BCUT2D eigenvalue weighted by atomic mass is 16.5. The van der Waals surface area contributed by atoms with Crippen molar-refractivity contribution >= 4 is 23.1 Å². The van der Waals surface area contributed by atoms with Crippen LogP contribution in [0.15, 0.2) is 55.0 Å². The first-order valence-electron chi connectivity index (χ1n) is 14.6. The molecule has 2 bridgehead atoms. The molecule has 11 nitrogen and oxygen atoms in total. The Balaban J connectivity index is 1.06. The quantitative estimate of drug-likeness (QED) is 0.306. The SMILES string of the molecule is Cc1cc(-c2ccn3nc(Nc4ccc(C(=O)NC5CCOCC5)cn4)cc3c2)c(O[C@H]2C[C@H]3COC[C@@H](C2)N3)cn1. The lowest BCUT2D eigenvalue weighted by Gasteiger charge is -2.40. The smallest absolute Gasteiger partial charge is 0.253 e. The second-order valence-corrected chi connectivity index (χ2v) is 11.4. The van der Waals surface area contributed by atoms with Gasteiger partial charge in [-0.1, -0.05) is 0 Å². The molecule has 42 heavy (non-hydrogen) atoms. The van der Waals surface area contributed by atoms with Gasteiger partial charge in [-0.25, -0.2) is 9.50 Å². The average Bonchev–Trinajstić information content (AvgIpc) is 3.40. The van der Waals surface area contributed by atoms with Crippen LogP contribution in [0.5, 0.6) is 5.75 Å². The molecular formula is C31H35N7O4. The third kappa shape index (κ3) is 5.94. The van der Waals surface area contributed by atoms with Crippen molar-refractivity contribution in [3.8, 4) is 16.9 Å². The number of carbonyl (C=O) groups is 1. The van der Waals surface area contributed by atoms with Crippen molar-refractivity contribution in [3.63, 3.8) is 0 Å². The summed E-state index contributed by atoms with van der Waals surface area (Å²) >= 11 is 0. The minimum Gasteiger partial charge on any atom is -0.488 e. The molecule has 3 saturated heterocycles. The molecule has 7 heterocycles. The number of hydrogen-bond acceptors (Lipinski definition) is 9. The normalized spacial score (nSPS) is 22.5. The van der Waals surface area contributed by atoms with Crippen molar-refractivity contribution in [3.05, 3.63) is 66.2 Å². The Morgan fingerprint density at radius 3 is 2.62 bits per heavy atom. The highest BCUT2D eigenvalue weighted by Gasteiger charge is 2.33. The van der Waals surface area contributed by atoms with Crippen LogP contribution in [0.1, 0.15) is 41.7 Å². The van der Waals surface area contributed by atoms with Gasteiger partial charge in [0, 0.05) is 73.9 Å². The van der Waals surface area contributed by atoms with E-state index in [1.54, 1.807) is 18.3 Å². The molecule has 7 rings (SSSR count). The summed E-state index contributed by atoms with van der Waals surface area (Å²) in [6.07, 6.45) is 8.98. The van der Waals surface area contributed by atoms with Crippen LogP contribution in [0.3, 0.4) is 0 Å². The van der Waals surface area contributed by atoms with Gasteiger partial charge >= 0.3 is 0 Å². The van der Waals surface area contributed by atoms with Gasteiger partial charge in [-0.3, -0.25) is 9.78 Å². The van der Waals surface area contributed by atoms with Gasteiger partial charge in [0.15, 0.2) is 5.82 Å². The van der Waals surface area contributed by atoms with Crippen LogP contribution in [0.4, 0.5) is 11.6 Å². The summed E-state index contributed by atoms with van der Waals surface area (Å²) in [5, 5.41) is 14.6. The molecule has 0 aliphatic carbocycles. The Labute approximate surface area is 244 Å². The first kappa shape index (κ1) is 26.8. The number of carbonyl (C=O) groups excluding carboxylic acids is 1. The van der Waals surface area contributed by atoms with Crippen molar-refractivity contribution in [2.45, 2.75) is 56.8 Å². The fraction of sp³-hybridized carbons (Fsp3) is 0.419. The van der Waals surface area contributed by atoms with Gasteiger partial charge in [-0.15, -0.1) is 0 Å². The number of nitrogens with zero attached hydrogens (tertiary/aromatic N) is 4. The molecule has 0 spiro atoms. The van der Waals surface area contributed by atoms with Crippen LogP contribution in [0, 0.1) is 6.92 Å². The third-order valence-electron chi connectivity index (χ3n) is 8.11. The van der Waals surface area contributed by atoms with E-state index >= 15 is 0 Å². The van der Waals surface area contributed by atoms with E-state index < -0.39 is 0 Å². The summed E-state index contributed by atoms with van der Waals surface area (Å²) in [7, 11) is 0. The van der Waals surface area contributed by atoms with E-state index in [4.69, 9.17) is 14.2 Å². The average molecular weight is 570 g/mol. The molecular weight excluding hydrogens is 534 g/mol. The molecule has 3 aliphatic rings. The van der Waals surface area contributed by atoms with E-state index in [0.717, 1.165) is 67.0 Å². The van der Waals surface area contributed by atoms with Crippen LogP contribution in [-0.2, 0) is 9.47 Å². The van der Waals surface area contributed by atoms with E-state index in [1.807, 2.05) is 36.0 Å². The minimum atomic E-state index is -0.118. The Kier molecular flexibility index (Phi) is 7.45. The number of aryl methyl sites for hydroxylation is 1. The van der Waals surface area contributed by atoms with Crippen molar-refractivity contribution in [2.75, 3.05) is 31.7 Å². The van der Waals surface area contributed by atoms with Crippen LogP contribution in [0.25, 0.3) is 16.6 Å².